The smallest absolute Gasteiger partial charge is 0.206 e. The second-order valence-electron chi connectivity index (χ2n) is 2.48. The zero-order valence-electron chi connectivity index (χ0n) is 7.06. The molecular weight excluding hydrogens is 182 g/mol. The first-order valence-corrected chi connectivity index (χ1v) is 3.44. The van der Waals surface area contributed by atoms with Gasteiger partial charge < -0.3 is 14.9 Å². The molecule has 0 radical (unpaired) electrons. The van der Waals surface area contributed by atoms with Gasteiger partial charge in [-0.3, -0.25) is 0 Å². The summed E-state index contributed by atoms with van der Waals surface area (Å²) in [5, 5.41) is 18.0. The van der Waals surface area contributed by atoms with Gasteiger partial charge in [0.05, 0.1) is 7.11 Å². The average Bonchev–Trinajstić information content (AvgIpc) is 2.13. The zero-order valence-corrected chi connectivity index (χ0v) is 7.06. The van der Waals surface area contributed by atoms with E-state index < -0.39 is 34.4 Å². The van der Waals surface area contributed by atoms with Crippen LogP contribution in [0.2, 0.25) is 0 Å². The Labute approximate surface area is 73.2 Å². The third-order valence-electron chi connectivity index (χ3n) is 1.71. The molecule has 0 atom stereocenters. The summed E-state index contributed by atoms with van der Waals surface area (Å²) in [6.07, 6.45) is 0. The molecule has 0 fully saturated rings. The third kappa shape index (κ3) is 1.26. The largest absolute Gasteiger partial charge is 0.502 e. The van der Waals surface area contributed by atoms with Crippen LogP contribution in [0.5, 0.6) is 17.2 Å². The molecule has 1 aromatic rings. The van der Waals surface area contributed by atoms with Crippen LogP contribution >= 0.6 is 0 Å². The third-order valence-corrected chi connectivity index (χ3v) is 1.71. The van der Waals surface area contributed by atoms with E-state index in [-0.39, 0.29) is 0 Å². The Morgan fingerprint density at radius 1 is 1.08 bits per heavy atom. The van der Waals surface area contributed by atoms with Crippen LogP contribution in [-0.4, -0.2) is 17.3 Å². The lowest BCUT2D eigenvalue weighted by molar-refractivity contribution is 0.320. The van der Waals surface area contributed by atoms with E-state index in [2.05, 4.69) is 4.74 Å². The second-order valence-corrected chi connectivity index (χ2v) is 2.48. The van der Waals surface area contributed by atoms with Gasteiger partial charge in [0, 0.05) is 5.56 Å². The van der Waals surface area contributed by atoms with Crippen LogP contribution in [0.4, 0.5) is 8.78 Å². The molecule has 0 aromatic heterocycles. The van der Waals surface area contributed by atoms with Crippen molar-refractivity contribution in [3.05, 3.63) is 17.2 Å². The van der Waals surface area contributed by atoms with Gasteiger partial charge in [0.15, 0.2) is 17.4 Å². The fraction of sp³-hybridized carbons (Fsp3) is 0.250. The molecule has 0 bridgehead atoms. The summed E-state index contributed by atoms with van der Waals surface area (Å²) in [6, 6.07) is 0. The van der Waals surface area contributed by atoms with Gasteiger partial charge in [-0.2, -0.15) is 0 Å². The monoisotopic (exact) mass is 190 g/mol. The van der Waals surface area contributed by atoms with Crippen LogP contribution in [0, 0.1) is 18.6 Å². The predicted octanol–water partition coefficient (Wildman–Crippen LogP) is 1.69. The Kier molecular flexibility index (Phi) is 2.27. The van der Waals surface area contributed by atoms with Gasteiger partial charge in [0.25, 0.3) is 0 Å². The molecule has 13 heavy (non-hydrogen) atoms. The summed E-state index contributed by atoms with van der Waals surface area (Å²) in [5.74, 6) is -4.69. The van der Waals surface area contributed by atoms with Gasteiger partial charge in [-0.05, 0) is 6.92 Å². The summed E-state index contributed by atoms with van der Waals surface area (Å²) >= 11 is 0. The zero-order chi connectivity index (χ0) is 10.2. The summed E-state index contributed by atoms with van der Waals surface area (Å²) < 4.78 is 30.4. The highest BCUT2D eigenvalue weighted by Crippen LogP contribution is 2.41. The number of halogens is 2. The van der Waals surface area contributed by atoms with E-state index in [9.17, 15) is 8.78 Å². The van der Waals surface area contributed by atoms with Crippen molar-refractivity contribution in [3.63, 3.8) is 0 Å². The number of phenols is 2. The Bertz CT molecular complexity index is 321. The number of hydrogen-bond donors (Lipinski definition) is 2. The van der Waals surface area contributed by atoms with Gasteiger partial charge >= 0.3 is 0 Å². The predicted molar refractivity (Wildman–Crippen MR) is 41.0 cm³/mol. The van der Waals surface area contributed by atoms with Gasteiger partial charge in [-0.1, -0.05) is 0 Å². The van der Waals surface area contributed by atoms with Crippen LogP contribution in [0.15, 0.2) is 0 Å². The molecule has 0 aliphatic carbocycles. The minimum Gasteiger partial charge on any atom is -0.502 e. The Morgan fingerprint density at radius 3 is 2.08 bits per heavy atom. The Balaban J connectivity index is 3.56. The molecule has 2 N–H and O–H groups in total. The summed E-state index contributed by atoms with van der Waals surface area (Å²) in [4.78, 5) is 0. The van der Waals surface area contributed by atoms with Crippen molar-refractivity contribution in [2.24, 2.45) is 0 Å². The standard InChI is InChI=1S/C8H8F2O3/c1-3-4(9)6(11)7(12)8(13-2)5(3)10/h11-12H,1-2H3. The minimum atomic E-state index is -1.18. The maximum absolute atomic E-state index is 13.1. The number of methoxy groups -OCH3 is 1. The molecule has 1 aromatic carbocycles. The first kappa shape index (κ1) is 9.57. The number of rotatable bonds is 1. The Morgan fingerprint density at radius 2 is 1.62 bits per heavy atom. The van der Waals surface area contributed by atoms with Crippen LogP contribution in [-0.2, 0) is 0 Å². The number of benzene rings is 1. The molecule has 0 amide bonds. The lowest BCUT2D eigenvalue weighted by Crippen LogP contribution is -1.96. The fourth-order valence-electron chi connectivity index (χ4n) is 0.946. The number of aromatic hydroxyl groups is 2. The summed E-state index contributed by atoms with van der Waals surface area (Å²) in [6.45, 7) is 1.13. The Hall–Kier alpha value is -1.52. The molecule has 0 unspecified atom stereocenters. The van der Waals surface area contributed by atoms with Crippen molar-refractivity contribution in [1.82, 2.24) is 0 Å². The van der Waals surface area contributed by atoms with E-state index in [0.717, 1.165) is 14.0 Å². The molecule has 0 aliphatic rings. The lowest BCUT2D eigenvalue weighted by Gasteiger charge is -2.09. The van der Waals surface area contributed by atoms with E-state index in [1.54, 1.807) is 0 Å². The summed E-state index contributed by atoms with van der Waals surface area (Å²) in [7, 11) is 1.11. The molecule has 0 spiro atoms. The second kappa shape index (κ2) is 3.08. The van der Waals surface area contributed by atoms with Crippen LogP contribution < -0.4 is 4.74 Å². The highest BCUT2D eigenvalue weighted by molar-refractivity contribution is 5.53. The van der Waals surface area contributed by atoms with Gasteiger partial charge in [-0.15, -0.1) is 0 Å². The van der Waals surface area contributed by atoms with Crippen molar-refractivity contribution >= 4 is 0 Å². The molecule has 0 saturated heterocycles. The summed E-state index contributed by atoms with van der Waals surface area (Å²) in [5.41, 5.74) is -0.396. The number of phenolic OH excluding ortho intramolecular Hbond substituents is 2. The van der Waals surface area contributed by atoms with E-state index in [0.29, 0.717) is 0 Å². The van der Waals surface area contributed by atoms with Gasteiger partial charge in [0.1, 0.15) is 0 Å². The van der Waals surface area contributed by atoms with Crippen molar-refractivity contribution in [2.45, 2.75) is 6.92 Å². The van der Waals surface area contributed by atoms with Crippen LogP contribution in [0.1, 0.15) is 5.56 Å². The molecule has 3 nitrogen and oxygen atoms in total. The SMILES string of the molecule is COc1c(O)c(O)c(F)c(C)c1F. The molecule has 0 aliphatic heterocycles. The quantitative estimate of drug-likeness (QED) is 0.662. The van der Waals surface area contributed by atoms with Gasteiger partial charge in [-0.25, -0.2) is 8.78 Å². The normalized spacial score (nSPS) is 10.2. The molecule has 1 rings (SSSR count). The highest BCUT2D eigenvalue weighted by atomic mass is 19.1. The number of hydrogen-bond acceptors (Lipinski definition) is 3. The molecule has 0 heterocycles. The molecule has 5 heteroatoms. The maximum Gasteiger partial charge on any atom is 0.206 e. The van der Waals surface area contributed by atoms with Crippen molar-refractivity contribution in [2.75, 3.05) is 7.11 Å². The van der Waals surface area contributed by atoms with Gasteiger partial charge in [0.2, 0.25) is 11.5 Å². The van der Waals surface area contributed by atoms with E-state index >= 15 is 0 Å². The fourth-order valence-corrected chi connectivity index (χ4v) is 0.946. The van der Waals surface area contributed by atoms with Crippen LogP contribution in [0.25, 0.3) is 0 Å². The van der Waals surface area contributed by atoms with E-state index in [1.165, 1.54) is 0 Å². The highest BCUT2D eigenvalue weighted by Gasteiger charge is 2.22. The minimum absolute atomic E-state index is 0.396. The molecule has 72 valence electrons. The van der Waals surface area contributed by atoms with Crippen molar-refractivity contribution in [1.29, 1.82) is 0 Å². The first-order chi connectivity index (χ1) is 6.00. The maximum atomic E-state index is 13.1. The van der Waals surface area contributed by atoms with Crippen molar-refractivity contribution < 1.29 is 23.7 Å². The lowest BCUT2D eigenvalue weighted by atomic mass is 10.1. The van der Waals surface area contributed by atoms with Crippen LogP contribution in [0.3, 0.4) is 0 Å². The van der Waals surface area contributed by atoms with Crippen molar-refractivity contribution in [3.8, 4) is 17.2 Å². The average molecular weight is 190 g/mol. The van der Waals surface area contributed by atoms with E-state index in [1.807, 2.05) is 0 Å². The number of ether oxygens (including phenoxy) is 1. The van der Waals surface area contributed by atoms with E-state index in [4.69, 9.17) is 10.2 Å². The molecule has 0 saturated carbocycles. The molecular formula is C8H8F2O3. The topological polar surface area (TPSA) is 49.7 Å². The first-order valence-electron chi connectivity index (χ1n) is 3.44.